The molecule has 0 radical (unpaired) electrons. The molecule has 16 heteroatoms. The fourth-order valence-electron chi connectivity index (χ4n) is 5.34. The lowest BCUT2D eigenvalue weighted by atomic mass is 10.1. The number of amides is 1. The highest BCUT2D eigenvalue weighted by atomic mass is 32.2. The number of anilines is 2. The van der Waals surface area contributed by atoms with E-state index in [1.165, 1.54) is 29.7 Å². The normalized spacial score (nSPS) is 17.5. The molecule has 1 amide bonds. The number of ether oxygens (including phenoxy) is 1. The summed E-state index contributed by atoms with van der Waals surface area (Å²) >= 11 is 1.19. The Balaban J connectivity index is 1.44. The molecule has 1 saturated carbocycles. The topological polar surface area (TPSA) is 144 Å². The quantitative estimate of drug-likeness (QED) is 0.246. The average molecular weight is 688 g/mol. The van der Waals surface area contributed by atoms with Crippen molar-refractivity contribution in [3.05, 3.63) is 71.1 Å². The van der Waals surface area contributed by atoms with Crippen molar-refractivity contribution in [3.63, 3.8) is 0 Å². The number of thiazole rings is 1. The van der Waals surface area contributed by atoms with Gasteiger partial charge in [0.05, 0.1) is 28.0 Å². The zero-order valence-electron chi connectivity index (χ0n) is 25.7. The number of nitrogens with zero attached hydrogens (tertiary/aromatic N) is 5. The molecule has 1 unspecified atom stereocenters. The van der Waals surface area contributed by atoms with Crippen LogP contribution < -0.4 is 10.5 Å². The molecule has 1 aliphatic carbocycles. The average Bonchev–Trinajstić information content (AvgIpc) is 3.76. The number of nitrogens with two attached hydrogens (primary N) is 1. The highest BCUT2D eigenvalue weighted by Gasteiger charge is 2.41. The van der Waals surface area contributed by atoms with E-state index in [1.54, 1.807) is 31.7 Å². The maximum atomic E-state index is 16.3. The largest absolute Gasteiger partial charge is 0.444 e. The first-order valence-corrected chi connectivity index (χ1v) is 17.1. The second kappa shape index (κ2) is 12.4. The van der Waals surface area contributed by atoms with Gasteiger partial charge in [-0.2, -0.15) is 0 Å². The van der Waals surface area contributed by atoms with Crippen molar-refractivity contribution < 1.29 is 31.1 Å². The molecule has 1 atom stereocenters. The number of rotatable bonds is 7. The van der Waals surface area contributed by atoms with Gasteiger partial charge in [-0.3, -0.25) is 14.5 Å². The Bertz CT molecular complexity index is 1950. The van der Waals surface area contributed by atoms with E-state index in [-0.39, 0.29) is 17.2 Å². The third-order valence-corrected chi connectivity index (χ3v) is 10.2. The van der Waals surface area contributed by atoms with Crippen LogP contribution in [0.1, 0.15) is 44.7 Å². The molecule has 2 fully saturated rings. The Morgan fingerprint density at radius 3 is 2.55 bits per heavy atom. The molecule has 4 aromatic rings. The van der Waals surface area contributed by atoms with E-state index in [0.717, 1.165) is 25.0 Å². The standard InChI is InChI=1S/C31H32F3N7O4S2/c1-31(2,3)45-30(42)41-14-13-40(18-8-9-18)16-23(41)28-38-26(27(46-28)22-11-12-36-29(35)37-22)19-5-4-6-21(25(19)34)39-47(43,44)24-15-17(32)7-10-20(24)33/h4-7,10-12,15,18,23,39H,8-9,13-14,16H2,1-3H3,(H2,35,36,37). The number of hydrogen-bond acceptors (Lipinski definition) is 10. The van der Waals surface area contributed by atoms with E-state index in [4.69, 9.17) is 15.5 Å². The van der Waals surface area contributed by atoms with Gasteiger partial charge in [0.1, 0.15) is 27.1 Å². The van der Waals surface area contributed by atoms with E-state index in [2.05, 4.69) is 14.9 Å². The van der Waals surface area contributed by atoms with Gasteiger partial charge in [0.25, 0.3) is 10.0 Å². The molecular formula is C31H32F3N7O4S2. The molecule has 3 N–H and O–H groups in total. The molecule has 2 aromatic carbocycles. The molecule has 0 spiro atoms. The second-order valence-corrected chi connectivity index (χ2v) is 15.0. The van der Waals surface area contributed by atoms with Crippen molar-refractivity contribution in [1.82, 2.24) is 24.8 Å². The first-order valence-electron chi connectivity index (χ1n) is 14.8. The highest BCUT2D eigenvalue weighted by Crippen LogP contribution is 2.43. The number of piperazine rings is 1. The van der Waals surface area contributed by atoms with Crippen molar-refractivity contribution >= 4 is 39.1 Å². The Morgan fingerprint density at radius 1 is 1.09 bits per heavy atom. The van der Waals surface area contributed by atoms with Crippen LogP contribution in [-0.2, 0) is 14.8 Å². The van der Waals surface area contributed by atoms with E-state index in [9.17, 15) is 22.0 Å². The summed E-state index contributed by atoms with van der Waals surface area (Å²) in [5.41, 5.74) is 5.00. The van der Waals surface area contributed by atoms with Gasteiger partial charge in [0.2, 0.25) is 5.95 Å². The van der Waals surface area contributed by atoms with Crippen LogP contribution in [0.15, 0.2) is 53.6 Å². The number of nitrogen functional groups attached to an aromatic ring is 1. The summed E-state index contributed by atoms with van der Waals surface area (Å²) in [6.07, 6.45) is 3.05. The molecule has 3 heterocycles. The number of halogens is 3. The zero-order valence-corrected chi connectivity index (χ0v) is 27.3. The summed E-state index contributed by atoms with van der Waals surface area (Å²) < 4.78 is 78.3. The van der Waals surface area contributed by atoms with Crippen molar-refractivity contribution in [1.29, 1.82) is 0 Å². The minimum atomic E-state index is -4.73. The third kappa shape index (κ3) is 7.04. The molecule has 248 valence electrons. The monoisotopic (exact) mass is 687 g/mol. The van der Waals surface area contributed by atoms with Crippen molar-refractivity contribution in [2.75, 3.05) is 30.1 Å². The SMILES string of the molecule is CC(C)(C)OC(=O)N1CCN(C2CC2)CC1c1nc(-c2cccc(NS(=O)(=O)c3cc(F)ccc3F)c2F)c(-c2ccnc(N)n2)s1. The highest BCUT2D eigenvalue weighted by molar-refractivity contribution is 7.92. The van der Waals surface area contributed by atoms with Crippen LogP contribution in [0.2, 0.25) is 0 Å². The Labute approximate surface area is 273 Å². The van der Waals surface area contributed by atoms with E-state index in [0.29, 0.717) is 53.4 Å². The maximum Gasteiger partial charge on any atom is 0.410 e. The number of carbonyl (C=O) groups excluding carboxylic acids is 1. The Morgan fingerprint density at radius 2 is 1.85 bits per heavy atom. The number of hydrogen-bond donors (Lipinski definition) is 2. The summed E-state index contributed by atoms with van der Waals surface area (Å²) in [5, 5.41) is 0.482. The van der Waals surface area contributed by atoms with Crippen LogP contribution in [0, 0.1) is 17.5 Å². The van der Waals surface area contributed by atoms with Crippen LogP contribution >= 0.6 is 11.3 Å². The number of sulfonamides is 1. The van der Waals surface area contributed by atoms with Gasteiger partial charge < -0.3 is 10.5 Å². The van der Waals surface area contributed by atoms with Crippen molar-refractivity contribution in [2.24, 2.45) is 0 Å². The molecule has 2 aromatic heterocycles. The minimum Gasteiger partial charge on any atom is -0.444 e. The fraction of sp³-hybridized carbons (Fsp3) is 0.355. The Kier molecular flexibility index (Phi) is 8.61. The van der Waals surface area contributed by atoms with E-state index >= 15 is 4.39 Å². The lowest BCUT2D eigenvalue weighted by Crippen LogP contribution is -2.52. The van der Waals surface area contributed by atoms with E-state index in [1.807, 2.05) is 4.72 Å². The molecular weight excluding hydrogens is 656 g/mol. The van der Waals surface area contributed by atoms with Crippen LogP contribution in [0.3, 0.4) is 0 Å². The first kappa shape index (κ1) is 32.7. The number of nitrogens with one attached hydrogen (secondary N) is 1. The third-order valence-electron chi connectivity index (χ3n) is 7.62. The number of benzene rings is 2. The molecule has 47 heavy (non-hydrogen) atoms. The van der Waals surface area contributed by atoms with Gasteiger partial charge in [0.15, 0.2) is 5.82 Å². The smallest absolute Gasteiger partial charge is 0.410 e. The molecule has 0 bridgehead atoms. The Hall–Kier alpha value is -4.28. The van der Waals surface area contributed by atoms with Crippen molar-refractivity contribution in [3.8, 4) is 21.8 Å². The predicted molar refractivity (Wildman–Crippen MR) is 170 cm³/mol. The molecule has 11 nitrogen and oxygen atoms in total. The molecule has 1 saturated heterocycles. The molecule has 6 rings (SSSR count). The summed E-state index contributed by atoms with van der Waals surface area (Å²) in [6.45, 7) is 6.88. The summed E-state index contributed by atoms with van der Waals surface area (Å²) in [4.78, 5) is 29.9. The first-order chi connectivity index (χ1) is 22.2. The van der Waals surface area contributed by atoms with Crippen LogP contribution in [0.25, 0.3) is 21.8 Å². The summed E-state index contributed by atoms with van der Waals surface area (Å²) in [7, 11) is -4.73. The van der Waals surface area contributed by atoms with Gasteiger partial charge in [-0.15, -0.1) is 11.3 Å². The lowest BCUT2D eigenvalue weighted by molar-refractivity contribution is -0.00311. The van der Waals surface area contributed by atoms with Gasteiger partial charge >= 0.3 is 6.09 Å². The second-order valence-electron chi connectivity index (χ2n) is 12.3. The van der Waals surface area contributed by atoms with Gasteiger partial charge in [-0.05, 0) is 70.0 Å². The van der Waals surface area contributed by atoms with Crippen LogP contribution in [0.5, 0.6) is 0 Å². The molecule has 2 aliphatic rings. The van der Waals surface area contributed by atoms with Crippen molar-refractivity contribution in [2.45, 2.75) is 56.2 Å². The summed E-state index contributed by atoms with van der Waals surface area (Å²) in [6, 6.07) is 7.36. The van der Waals surface area contributed by atoms with Crippen LogP contribution in [-0.4, -0.2) is 70.5 Å². The van der Waals surface area contributed by atoms with Crippen LogP contribution in [0.4, 0.5) is 29.6 Å². The summed E-state index contributed by atoms with van der Waals surface area (Å²) in [5.74, 6) is -3.23. The number of aromatic nitrogens is 3. The fourth-order valence-corrected chi connectivity index (χ4v) is 7.64. The number of carbonyl (C=O) groups is 1. The van der Waals surface area contributed by atoms with Gasteiger partial charge in [-0.1, -0.05) is 6.07 Å². The van der Waals surface area contributed by atoms with Gasteiger partial charge in [-0.25, -0.2) is 41.3 Å². The lowest BCUT2D eigenvalue weighted by Gasteiger charge is -2.41. The predicted octanol–water partition coefficient (Wildman–Crippen LogP) is 5.82. The maximum absolute atomic E-state index is 16.3. The zero-order chi connectivity index (χ0) is 33.7. The molecule has 1 aliphatic heterocycles. The van der Waals surface area contributed by atoms with E-state index < -0.39 is 55.8 Å². The van der Waals surface area contributed by atoms with Gasteiger partial charge in [0, 0.05) is 37.4 Å². The minimum absolute atomic E-state index is 0.0320.